The Labute approximate surface area is 86.4 Å². The van der Waals surface area contributed by atoms with Gasteiger partial charge < -0.3 is 11.1 Å². The number of anilines is 2. The number of aromatic nitrogens is 1. The highest BCUT2D eigenvalue weighted by atomic mass is 32.2. The van der Waals surface area contributed by atoms with Gasteiger partial charge in [0.15, 0.2) is 0 Å². The molecule has 1 unspecified atom stereocenters. The molecule has 78 valence electrons. The molecule has 4 nitrogen and oxygen atoms in total. The molecule has 0 spiro atoms. The average Bonchev–Trinajstić information content (AvgIpc) is 2.20. The van der Waals surface area contributed by atoms with Gasteiger partial charge in [-0.05, 0) is 12.1 Å². The second-order valence-electron chi connectivity index (χ2n) is 2.80. The molecular formula is C9H15N3OS. The van der Waals surface area contributed by atoms with Gasteiger partial charge in [0.05, 0.1) is 5.69 Å². The zero-order chi connectivity index (χ0) is 10.4. The lowest BCUT2D eigenvalue weighted by Gasteiger charge is -2.06. The van der Waals surface area contributed by atoms with E-state index in [1.54, 1.807) is 18.3 Å². The summed E-state index contributed by atoms with van der Waals surface area (Å²) in [5.41, 5.74) is 6.29. The Kier molecular flexibility index (Phi) is 4.39. The highest BCUT2D eigenvalue weighted by Crippen LogP contribution is 2.11. The number of nitrogens with two attached hydrogens (primary N) is 1. The molecule has 0 aliphatic heterocycles. The molecule has 0 aliphatic rings. The number of hydrogen-bond donors (Lipinski definition) is 2. The number of nitrogens with zero attached hydrogens (tertiary/aromatic N) is 1. The highest BCUT2D eigenvalue weighted by Gasteiger charge is 1.99. The Morgan fingerprint density at radius 2 is 2.43 bits per heavy atom. The van der Waals surface area contributed by atoms with Crippen LogP contribution in [0.15, 0.2) is 18.3 Å². The lowest BCUT2D eigenvalue weighted by atomic mass is 10.4. The Hall–Kier alpha value is -1.10. The maximum atomic E-state index is 11.1. The molecule has 3 N–H and O–H groups in total. The van der Waals surface area contributed by atoms with Crippen LogP contribution in [0.5, 0.6) is 0 Å². The van der Waals surface area contributed by atoms with E-state index in [0.29, 0.717) is 29.6 Å². The van der Waals surface area contributed by atoms with E-state index in [2.05, 4.69) is 10.3 Å². The van der Waals surface area contributed by atoms with Crippen molar-refractivity contribution in [3.8, 4) is 0 Å². The molecule has 0 aliphatic carbocycles. The van der Waals surface area contributed by atoms with Gasteiger partial charge in [0.1, 0.15) is 5.82 Å². The van der Waals surface area contributed by atoms with Crippen LogP contribution in [0.1, 0.15) is 6.92 Å². The first-order valence-corrected chi connectivity index (χ1v) is 6.02. The molecule has 14 heavy (non-hydrogen) atoms. The van der Waals surface area contributed by atoms with E-state index in [0.717, 1.165) is 0 Å². The van der Waals surface area contributed by atoms with Crippen LogP contribution in [-0.4, -0.2) is 27.2 Å². The molecule has 1 rings (SSSR count). The Morgan fingerprint density at radius 1 is 1.64 bits per heavy atom. The fourth-order valence-corrected chi connectivity index (χ4v) is 1.61. The maximum Gasteiger partial charge on any atom is 0.149 e. The standard InChI is InChI=1S/C9H15N3OS/c1-2-14(13)7-6-12-9-8(10)4-3-5-11-9/h3-5H,2,6-7,10H2,1H3,(H,11,12). The van der Waals surface area contributed by atoms with Gasteiger partial charge in [-0.25, -0.2) is 4.98 Å². The van der Waals surface area contributed by atoms with Crippen molar-refractivity contribution in [1.82, 2.24) is 4.98 Å². The number of rotatable bonds is 5. The number of nitrogen functional groups attached to an aromatic ring is 1. The average molecular weight is 213 g/mol. The summed E-state index contributed by atoms with van der Waals surface area (Å²) in [5.74, 6) is 1.99. The van der Waals surface area contributed by atoms with Crippen LogP contribution in [0, 0.1) is 0 Å². The van der Waals surface area contributed by atoms with Gasteiger partial charge >= 0.3 is 0 Å². The predicted molar refractivity (Wildman–Crippen MR) is 60.7 cm³/mol. The minimum atomic E-state index is -0.738. The summed E-state index contributed by atoms with van der Waals surface area (Å²) in [6, 6.07) is 3.57. The molecular weight excluding hydrogens is 198 g/mol. The Morgan fingerprint density at radius 3 is 3.07 bits per heavy atom. The molecule has 5 heteroatoms. The summed E-state index contributed by atoms with van der Waals surface area (Å²) in [5, 5.41) is 3.05. The van der Waals surface area contributed by atoms with E-state index in [-0.39, 0.29) is 0 Å². The van der Waals surface area contributed by atoms with Crippen LogP contribution in [0.25, 0.3) is 0 Å². The van der Waals surface area contributed by atoms with Gasteiger partial charge in [-0.2, -0.15) is 0 Å². The lowest BCUT2D eigenvalue weighted by molar-refractivity contribution is 0.684. The van der Waals surface area contributed by atoms with Crippen LogP contribution in [0.3, 0.4) is 0 Å². The summed E-state index contributed by atoms with van der Waals surface area (Å²) in [4.78, 5) is 4.07. The first-order chi connectivity index (χ1) is 6.74. The normalized spacial score (nSPS) is 12.4. The zero-order valence-electron chi connectivity index (χ0n) is 8.19. The molecule has 1 heterocycles. The molecule has 0 radical (unpaired) electrons. The van der Waals surface area contributed by atoms with Gasteiger partial charge in [-0.3, -0.25) is 4.21 Å². The van der Waals surface area contributed by atoms with Gasteiger partial charge in [0, 0.05) is 35.0 Å². The van der Waals surface area contributed by atoms with Crippen LogP contribution < -0.4 is 11.1 Å². The van der Waals surface area contributed by atoms with E-state index < -0.39 is 10.8 Å². The first-order valence-electron chi connectivity index (χ1n) is 4.53. The first kappa shape index (κ1) is 11.0. The predicted octanol–water partition coefficient (Wildman–Crippen LogP) is 0.844. The quantitative estimate of drug-likeness (QED) is 0.760. The second kappa shape index (κ2) is 5.59. The summed E-state index contributed by atoms with van der Waals surface area (Å²) >= 11 is 0. The highest BCUT2D eigenvalue weighted by molar-refractivity contribution is 7.84. The number of pyridine rings is 1. The van der Waals surface area contributed by atoms with Crippen molar-refractivity contribution < 1.29 is 4.21 Å². The van der Waals surface area contributed by atoms with Crippen molar-refractivity contribution in [2.75, 3.05) is 29.1 Å². The van der Waals surface area contributed by atoms with Crippen molar-refractivity contribution >= 4 is 22.3 Å². The second-order valence-corrected chi connectivity index (χ2v) is 4.67. The van der Waals surface area contributed by atoms with Gasteiger partial charge in [0.2, 0.25) is 0 Å². The van der Waals surface area contributed by atoms with Crippen molar-refractivity contribution in [2.24, 2.45) is 0 Å². The van der Waals surface area contributed by atoms with Crippen LogP contribution in [0.2, 0.25) is 0 Å². The molecule has 1 atom stereocenters. The molecule has 0 saturated carbocycles. The minimum Gasteiger partial charge on any atom is -0.396 e. The van der Waals surface area contributed by atoms with E-state index >= 15 is 0 Å². The molecule has 1 aromatic heterocycles. The molecule has 0 fully saturated rings. The van der Waals surface area contributed by atoms with Crippen molar-refractivity contribution in [3.05, 3.63) is 18.3 Å². The summed E-state index contributed by atoms with van der Waals surface area (Å²) in [6.07, 6.45) is 1.68. The van der Waals surface area contributed by atoms with Gasteiger partial charge in [-0.15, -0.1) is 0 Å². The maximum absolute atomic E-state index is 11.1. The largest absolute Gasteiger partial charge is 0.396 e. The third-order valence-corrected chi connectivity index (χ3v) is 3.09. The van der Waals surface area contributed by atoms with Gasteiger partial charge in [-0.1, -0.05) is 6.92 Å². The fraction of sp³-hybridized carbons (Fsp3) is 0.444. The van der Waals surface area contributed by atoms with Crippen LogP contribution in [0.4, 0.5) is 11.5 Å². The van der Waals surface area contributed by atoms with Crippen molar-refractivity contribution in [1.29, 1.82) is 0 Å². The third kappa shape index (κ3) is 3.33. The number of hydrogen-bond acceptors (Lipinski definition) is 4. The van der Waals surface area contributed by atoms with E-state index in [4.69, 9.17) is 5.73 Å². The van der Waals surface area contributed by atoms with Crippen LogP contribution in [-0.2, 0) is 10.8 Å². The zero-order valence-corrected chi connectivity index (χ0v) is 9.01. The molecule has 0 aromatic carbocycles. The lowest BCUT2D eigenvalue weighted by Crippen LogP contribution is -2.13. The van der Waals surface area contributed by atoms with Crippen molar-refractivity contribution in [3.63, 3.8) is 0 Å². The molecule has 1 aromatic rings. The van der Waals surface area contributed by atoms with E-state index in [1.807, 2.05) is 6.92 Å². The summed E-state index contributed by atoms with van der Waals surface area (Å²) < 4.78 is 11.1. The van der Waals surface area contributed by atoms with Crippen molar-refractivity contribution in [2.45, 2.75) is 6.92 Å². The molecule has 0 saturated heterocycles. The van der Waals surface area contributed by atoms with Crippen LogP contribution >= 0.6 is 0 Å². The minimum absolute atomic E-state index is 0.620. The Bertz CT molecular complexity index is 317. The fourth-order valence-electron chi connectivity index (χ4n) is 0.993. The topological polar surface area (TPSA) is 68.0 Å². The monoisotopic (exact) mass is 213 g/mol. The SMILES string of the molecule is CCS(=O)CCNc1ncccc1N. The molecule has 0 bridgehead atoms. The van der Waals surface area contributed by atoms with E-state index in [1.165, 1.54) is 0 Å². The third-order valence-electron chi connectivity index (χ3n) is 1.78. The van der Waals surface area contributed by atoms with Gasteiger partial charge in [0.25, 0.3) is 0 Å². The summed E-state index contributed by atoms with van der Waals surface area (Å²) in [7, 11) is -0.738. The molecule has 0 amide bonds. The van der Waals surface area contributed by atoms with E-state index in [9.17, 15) is 4.21 Å². The Balaban J connectivity index is 2.39. The summed E-state index contributed by atoms with van der Waals surface area (Å²) in [6.45, 7) is 2.55. The number of nitrogens with one attached hydrogen (secondary N) is 1. The smallest absolute Gasteiger partial charge is 0.149 e.